The average Bonchev–Trinajstić information content (AvgIpc) is 3.25. The number of fused-ring (bicyclic) bond motifs is 2. The average molecular weight is 470 g/mol. The van der Waals surface area contributed by atoms with E-state index >= 15 is 0 Å². The van der Waals surface area contributed by atoms with Gasteiger partial charge in [-0.2, -0.15) is 13.2 Å². The molecule has 3 aliphatic heterocycles. The first-order valence-electron chi connectivity index (χ1n) is 10.4. The van der Waals surface area contributed by atoms with Crippen LogP contribution in [0.4, 0.5) is 38.4 Å². The number of rotatable bonds is 3. The van der Waals surface area contributed by atoms with Gasteiger partial charge in [-0.1, -0.05) is 0 Å². The molecular formula is C20H19F5N6O2. The lowest BCUT2D eigenvalue weighted by Gasteiger charge is -2.36. The molecule has 5 rings (SSSR count). The van der Waals surface area contributed by atoms with E-state index < -0.39 is 30.4 Å². The van der Waals surface area contributed by atoms with Gasteiger partial charge in [-0.3, -0.25) is 5.32 Å². The first-order valence-corrected chi connectivity index (χ1v) is 10.4. The highest BCUT2D eigenvalue weighted by Gasteiger charge is 2.40. The molecule has 0 saturated carbocycles. The largest absolute Gasteiger partial charge is 0.435 e. The Kier molecular flexibility index (Phi) is 5.30. The van der Waals surface area contributed by atoms with E-state index in [4.69, 9.17) is 0 Å². The number of ether oxygens (including phenoxy) is 1. The predicted molar refractivity (Wildman–Crippen MR) is 106 cm³/mol. The van der Waals surface area contributed by atoms with Gasteiger partial charge in [-0.25, -0.2) is 28.5 Å². The molecule has 3 atom stereocenters. The van der Waals surface area contributed by atoms with E-state index in [1.165, 1.54) is 0 Å². The van der Waals surface area contributed by atoms with Crippen LogP contribution in [0, 0.1) is 5.92 Å². The third-order valence-corrected chi connectivity index (χ3v) is 6.21. The lowest BCUT2D eigenvalue weighted by molar-refractivity contribution is -0.137. The number of piperidine rings is 1. The lowest BCUT2D eigenvalue weighted by atomic mass is 9.93. The standard InChI is InChI=1S/C20H19F5N6O2/c21-17(22)16-14-15(27-8-28-18(14)30-19(32)33-16)12-5-10(20(23,24)25)6-13(29-12)31-4-2-11-9(7-31)1-3-26-11/h5-6,8-9,11,16-17,26H,1-4,7H2,(H,27,28,30,32). The molecule has 0 aliphatic carbocycles. The van der Waals surface area contributed by atoms with E-state index in [1.807, 2.05) is 0 Å². The summed E-state index contributed by atoms with van der Waals surface area (Å²) in [5.74, 6) is 0.129. The minimum Gasteiger partial charge on any atom is -0.435 e. The number of carbonyl (C=O) groups excluding carboxylic acids is 1. The molecule has 3 unspecified atom stereocenters. The number of anilines is 2. The van der Waals surface area contributed by atoms with Gasteiger partial charge in [0.15, 0.2) is 6.10 Å². The van der Waals surface area contributed by atoms with Crippen molar-refractivity contribution in [3.63, 3.8) is 0 Å². The highest BCUT2D eigenvalue weighted by molar-refractivity contribution is 5.88. The van der Waals surface area contributed by atoms with Crippen molar-refractivity contribution in [2.45, 2.75) is 37.6 Å². The smallest absolute Gasteiger partial charge is 0.416 e. The van der Waals surface area contributed by atoms with E-state index in [2.05, 4.69) is 30.3 Å². The van der Waals surface area contributed by atoms with Crippen molar-refractivity contribution in [1.82, 2.24) is 20.3 Å². The van der Waals surface area contributed by atoms with Crippen molar-refractivity contribution in [2.75, 3.05) is 29.9 Å². The molecule has 3 aliphatic rings. The maximum atomic E-state index is 13.8. The van der Waals surface area contributed by atoms with Crippen LogP contribution in [-0.4, -0.2) is 53.1 Å². The number of nitrogens with zero attached hydrogens (tertiary/aromatic N) is 4. The highest BCUT2D eigenvalue weighted by Crippen LogP contribution is 2.41. The zero-order valence-corrected chi connectivity index (χ0v) is 17.1. The topological polar surface area (TPSA) is 92.3 Å². The number of nitrogens with one attached hydrogen (secondary N) is 2. The van der Waals surface area contributed by atoms with Gasteiger partial charge in [0.1, 0.15) is 23.7 Å². The summed E-state index contributed by atoms with van der Waals surface area (Å²) in [6, 6.07) is 2.05. The SMILES string of the molecule is O=C1Nc2ncnc(-c3cc(C(F)(F)F)cc(N4CCC5NCCC5C4)n3)c2C(C(F)F)O1. The monoisotopic (exact) mass is 470 g/mol. The van der Waals surface area contributed by atoms with Gasteiger partial charge in [-0.15, -0.1) is 0 Å². The van der Waals surface area contributed by atoms with Crippen LogP contribution in [0.25, 0.3) is 11.4 Å². The molecule has 0 spiro atoms. The van der Waals surface area contributed by atoms with Crippen LogP contribution in [0.15, 0.2) is 18.5 Å². The van der Waals surface area contributed by atoms with Crippen LogP contribution in [-0.2, 0) is 10.9 Å². The van der Waals surface area contributed by atoms with Crippen molar-refractivity contribution >= 4 is 17.7 Å². The molecule has 8 nitrogen and oxygen atoms in total. The predicted octanol–water partition coefficient (Wildman–Crippen LogP) is 3.61. The van der Waals surface area contributed by atoms with Crippen LogP contribution in [0.3, 0.4) is 0 Å². The molecule has 0 radical (unpaired) electrons. The molecule has 2 aromatic heterocycles. The molecule has 2 N–H and O–H groups in total. The normalized spacial score (nSPS) is 24.8. The van der Waals surface area contributed by atoms with E-state index in [9.17, 15) is 26.7 Å². The van der Waals surface area contributed by atoms with Gasteiger partial charge in [0.25, 0.3) is 6.43 Å². The summed E-state index contributed by atoms with van der Waals surface area (Å²) in [6.45, 7) is 1.90. The molecule has 13 heteroatoms. The van der Waals surface area contributed by atoms with Crippen LogP contribution in [0.1, 0.15) is 30.1 Å². The fourth-order valence-corrected chi connectivity index (χ4v) is 4.67. The lowest BCUT2D eigenvalue weighted by Crippen LogP contribution is -2.44. The Balaban J connectivity index is 1.61. The number of hydrogen-bond acceptors (Lipinski definition) is 7. The van der Waals surface area contributed by atoms with E-state index in [1.54, 1.807) is 4.90 Å². The highest BCUT2D eigenvalue weighted by atomic mass is 19.4. The number of alkyl halides is 5. The first-order chi connectivity index (χ1) is 15.7. The summed E-state index contributed by atoms with van der Waals surface area (Å²) in [5, 5.41) is 5.58. The van der Waals surface area contributed by atoms with E-state index in [-0.39, 0.29) is 34.5 Å². The second-order valence-electron chi connectivity index (χ2n) is 8.21. The second kappa shape index (κ2) is 8.04. The van der Waals surface area contributed by atoms with Gasteiger partial charge in [0.2, 0.25) is 0 Å². The van der Waals surface area contributed by atoms with Crippen LogP contribution < -0.4 is 15.5 Å². The molecule has 2 aromatic rings. The Bertz CT molecular complexity index is 1080. The summed E-state index contributed by atoms with van der Waals surface area (Å²) >= 11 is 0. The Morgan fingerprint density at radius 1 is 1.18 bits per heavy atom. The quantitative estimate of drug-likeness (QED) is 0.662. The Labute approximate surface area is 184 Å². The van der Waals surface area contributed by atoms with E-state index in [0.29, 0.717) is 19.1 Å². The number of aromatic nitrogens is 3. The number of halogens is 5. The number of cyclic esters (lactones) is 1. The third-order valence-electron chi connectivity index (χ3n) is 6.21. The van der Waals surface area contributed by atoms with E-state index in [0.717, 1.165) is 37.8 Å². The summed E-state index contributed by atoms with van der Waals surface area (Å²) in [7, 11) is 0. The molecule has 0 aromatic carbocycles. The van der Waals surface area contributed by atoms with Gasteiger partial charge in [0, 0.05) is 19.1 Å². The first kappa shape index (κ1) is 21.7. The number of hydrogen-bond donors (Lipinski definition) is 2. The Morgan fingerprint density at radius 3 is 2.76 bits per heavy atom. The van der Waals surface area contributed by atoms with Crippen LogP contribution >= 0.6 is 0 Å². The molecule has 176 valence electrons. The zero-order chi connectivity index (χ0) is 23.3. The fourth-order valence-electron chi connectivity index (χ4n) is 4.67. The van der Waals surface area contributed by atoms with Gasteiger partial charge < -0.3 is 15.0 Å². The van der Waals surface area contributed by atoms with Crippen molar-refractivity contribution in [3.05, 3.63) is 29.6 Å². The second-order valence-corrected chi connectivity index (χ2v) is 8.21. The summed E-state index contributed by atoms with van der Waals surface area (Å²) < 4.78 is 73.2. The Hall–Kier alpha value is -3.09. The molecular weight excluding hydrogens is 451 g/mol. The number of carbonyl (C=O) groups is 1. The van der Waals surface area contributed by atoms with Crippen LogP contribution in [0.5, 0.6) is 0 Å². The Morgan fingerprint density at radius 2 is 2.00 bits per heavy atom. The molecule has 33 heavy (non-hydrogen) atoms. The molecule has 2 fully saturated rings. The number of pyridine rings is 1. The van der Waals surface area contributed by atoms with Crippen molar-refractivity contribution in [2.24, 2.45) is 5.92 Å². The summed E-state index contributed by atoms with van der Waals surface area (Å²) in [6.07, 6.45) is -8.36. The van der Waals surface area contributed by atoms with Gasteiger partial charge in [0.05, 0.1) is 16.8 Å². The van der Waals surface area contributed by atoms with Gasteiger partial charge >= 0.3 is 12.3 Å². The maximum absolute atomic E-state index is 13.8. The summed E-state index contributed by atoms with van der Waals surface area (Å²) in [5.41, 5.74) is -1.80. The van der Waals surface area contributed by atoms with Crippen molar-refractivity contribution < 1.29 is 31.5 Å². The minimum absolute atomic E-state index is 0.0897. The zero-order valence-electron chi connectivity index (χ0n) is 17.1. The molecule has 5 heterocycles. The molecule has 0 bridgehead atoms. The van der Waals surface area contributed by atoms with Crippen LogP contribution in [0.2, 0.25) is 0 Å². The van der Waals surface area contributed by atoms with Crippen molar-refractivity contribution in [1.29, 1.82) is 0 Å². The minimum atomic E-state index is -4.69. The maximum Gasteiger partial charge on any atom is 0.416 e. The summed E-state index contributed by atoms with van der Waals surface area (Å²) in [4.78, 5) is 25.5. The molecule has 1 amide bonds. The van der Waals surface area contributed by atoms with Gasteiger partial charge in [-0.05, 0) is 37.4 Å². The fraction of sp³-hybridized carbons (Fsp3) is 0.500. The number of amides is 1. The van der Waals surface area contributed by atoms with Crippen molar-refractivity contribution in [3.8, 4) is 11.4 Å². The third kappa shape index (κ3) is 4.05. The molecule has 2 saturated heterocycles.